The van der Waals surface area contributed by atoms with E-state index in [9.17, 15) is 9.90 Å². The van der Waals surface area contributed by atoms with Gasteiger partial charge in [-0.15, -0.1) is 0 Å². The van der Waals surface area contributed by atoms with Crippen LogP contribution in [0.1, 0.15) is 12.6 Å². The van der Waals surface area contributed by atoms with Gasteiger partial charge in [-0.2, -0.15) is 5.10 Å². The van der Waals surface area contributed by atoms with Gasteiger partial charge < -0.3 is 5.11 Å². The highest BCUT2D eigenvalue weighted by Gasteiger charge is 2.34. The Kier molecular flexibility index (Phi) is 3.75. The fraction of sp³-hybridized carbons (Fsp3) is 0.375. The summed E-state index contributed by atoms with van der Waals surface area (Å²) in [5, 5.41) is 13.7. The largest absolute Gasteiger partial charge is 0.481 e. The van der Waals surface area contributed by atoms with E-state index in [1.165, 1.54) is 0 Å². The highest BCUT2D eigenvalue weighted by Crippen LogP contribution is 2.24. The molecule has 2 aromatic rings. The Labute approximate surface area is 123 Å². The first kappa shape index (κ1) is 13.8. The van der Waals surface area contributed by atoms with E-state index < -0.39 is 5.97 Å². The average Bonchev–Trinajstić information content (AvgIpc) is 3.07. The van der Waals surface area contributed by atoms with Gasteiger partial charge in [0.1, 0.15) is 0 Å². The van der Waals surface area contributed by atoms with Gasteiger partial charge in [0.05, 0.1) is 17.3 Å². The van der Waals surface area contributed by atoms with Gasteiger partial charge in [-0.05, 0) is 24.1 Å². The molecule has 1 aliphatic heterocycles. The van der Waals surface area contributed by atoms with Crippen molar-refractivity contribution in [3.63, 3.8) is 0 Å². The maximum atomic E-state index is 11.2. The number of rotatable bonds is 4. The Balaban J connectivity index is 1.67. The second-order valence-electron chi connectivity index (χ2n) is 5.70. The Morgan fingerprint density at radius 1 is 1.29 bits per heavy atom. The Hall–Kier alpha value is -2.14. The zero-order valence-corrected chi connectivity index (χ0v) is 12.0. The van der Waals surface area contributed by atoms with E-state index in [1.54, 1.807) is 0 Å². The van der Waals surface area contributed by atoms with Crippen LogP contribution in [0.15, 0.2) is 42.6 Å². The van der Waals surface area contributed by atoms with Gasteiger partial charge in [-0.1, -0.05) is 25.1 Å². The number of carboxylic acid groups (broad SMARTS) is 1. The number of likely N-dealkylation sites (tertiary alicyclic amines) is 1. The van der Waals surface area contributed by atoms with Crippen LogP contribution in [0.25, 0.3) is 5.69 Å². The lowest BCUT2D eigenvalue weighted by Crippen LogP contribution is -2.23. The van der Waals surface area contributed by atoms with Gasteiger partial charge in [0, 0.05) is 25.8 Å². The molecule has 1 aliphatic rings. The fourth-order valence-corrected chi connectivity index (χ4v) is 2.92. The summed E-state index contributed by atoms with van der Waals surface area (Å²) in [5.41, 5.74) is 2.00. The van der Waals surface area contributed by atoms with Crippen molar-refractivity contribution in [2.75, 3.05) is 13.1 Å². The summed E-state index contributed by atoms with van der Waals surface area (Å²) in [6.45, 7) is 4.12. The molecule has 1 saturated heterocycles. The van der Waals surface area contributed by atoms with Crippen LogP contribution in [0, 0.1) is 11.8 Å². The van der Waals surface area contributed by atoms with E-state index in [2.05, 4.69) is 10.00 Å². The van der Waals surface area contributed by atoms with Crippen molar-refractivity contribution in [3.8, 4) is 5.69 Å². The van der Waals surface area contributed by atoms with Gasteiger partial charge in [-0.3, -0.25) is 9.69 Å². The topological polar surface area (TPSA) is 58.4 Å². The normalized spacial score (nSPS) is 22.5. The highest BCUT2D eigenvalue weighted by atomic mass is 16.4. The number of benzene rings is 1. The molecule has 0 bridgehead atoms. The van der Waals surface area contributed by atoms with E-state index in [0.29, 0.717) is 13.1 Å². The summed E-state index contributed by atoms with van der Waals surface area (Å²) in [6.07, 6.45) is 1.94. The molecule has 1 aromatic heterocycles. The van der Waals surface area contributed by atoms with Crippen LogP contribution in [-0.2, 0) is 11.3 Å². The van der Waals surface area contributed by atoms with Crippen molar-refractivity contribution in [2.45, 2.75) is 13.5 Å². The second-order valence-corrected chi connectivity index (χ2v) is 5.70. The summed E-state index contributed by atoms with van der Waals surface area (Å²) in [6, 6.07) is 12.0. The molecule has 21 heavy (non-hydrogen) atoms. The Morgan fingerprint density at radius 3 is 2.71 bits per heavy atom. The Bertz CT molecular complexity index is 623. The molecule has 0 saturated carbocycles. The molecule has 0 aliphatic carbocycles. The maximum absolute atomic E-state index is 11.2. The van der Waals surface area contributed by atoms with Gasteiger partial charge in [-0.25, -0.2) is 4.68 Å². The number of carboxylic acids is 1. The first-order valence-electron chi connectivity index (χ1n) is 7.18. The minimum Gasteiger partial charge on any atom is -0.481 e. The molecule has 0 unspecified atom stereocenters. The number of nitrogens with zero attached hydrogens (tertiary/aromatic N) is 3. The second kappa shape index (κ2) is 5.69. The lowest BCUT2D eigenvalue weighted by atomic mass is 9.99. The molecular formula is C16H19N3O2. The number of carbonyl (C=O) groups is 1. The number of hydrogen-bond acceptors (Lipinski definition) is 3. The first-order valence-corrected chi connectivity index (χ1v) is 7.18. The molecule has 0 amide bonds. The molecule has 5 heteroatoms. The van der Waals surface area contributed by atoms with Crippen LogP contribution in [-0.4, -0.2) is 38.8 Å². The zero-order valence-electron chi connectivity index (χ0n) is 12.0. The quantitative estimate of drug-likeness (QED) is 0.933. The summed E-state index contributed by atoms with van der Waals surface area (Å²) in [4.78, 5) is 13.3. The Morgan fingerprint density at radius 2 is 2.05 bits per heavy atom. The van der Waals surface area contributed by atoms with E-state index in [0.717, 1.165) is 17.9 Å². The molecule has 0 spiro atoms. The minimum atomic E-state index is -0.695. The van der Waals surface area contributed by atoms with E-state index in [4.69, 9.17) is 0 Å². The zero-order chi connectivity index (χ0) is 14.8. The van der Waals surface area contributed by atoms with Gasteiger partial charge in [0.25, 0.3) is 0 Å². The van der Waals surface area contributed by atoms with Crippen LogP contribution in [0.5, 0.6) is 0 Å². The molecule has 2 heterocycles. The van der Waals surface area contributed by atoms with Gasteiger partial charge in [0.2, 0.25) is 0 Å². The highest BCUT2D eigenvalue weighted by molar-refractivity contribution is 5.71. The molecule has 1 N–H and O–H groups in total. The van der Waals surface area contributed by atoms with Crippen LogP contribution in [0.3, 0.4) is 0 Å². The van der Waals surface area contributed by atoms with Crippen molar-refractivity contribution in [2.24, 2.45) is 11.8 Å². The predicted molar refractivity (Wildman–Crippen MR) is 79.1 cm³/mol. The molecular weight excluding hydrogens is 266 g/mol. The summed E-state index contributed by atoms with van der Waals surface area (Å²) in [5.74, 6) is -0.764. The average molecular weight is 285 g/mol. The van der Waals surface area contributed by atoms with Crippen molar-refractivity contribution in [1.29, 1.82) is 0 Å². The monoisotopic (exact) mass is 285 g/mol. The number of para-hydroxylation sites is 1. The van der Waals surface area contributed by atoms with E-state index in [-0.39, 0.29) is 11.8 Å². The van der Waals surface area contributed by atoms with Crippen LogP contribution < -0.4 is 0 Å². The van der Waals surface area contributed by atoms with E-state index >= 15 is 0 Å². The van der Waals surface area contributed by atoms with Crippen LogP contribution in [0.4, 0.5) is 0 Å². The lowest BCUT2D eigenvalue weighted by Gasteiger charge is -2.13. The molecule has 1 fully saturated rings. The van der Waals surface area contributed by atoms with Crippen molar-refractivity contribution in [3.05, 3.63) is 48.3 Å². The molecule has 1 aromatic carbocycles. The molecule has 0 radical (unpaired) electrons. The number of hydrogen-bond donors (Lipinski definition) is 1. The smallest absolute Gasteiger partial charge is 0.308 e. The summed E-state index contributed by atoms with van der Waals surface area (Å²) < 4.78 is 1.85. The molecule has 110 valence electrons. The van der Waals surface area contributed by atoms with Crippen molar-refractivity contribution < 1.29 is 9.90 Å². The third-order valence-corrected chi connectivity index (χ3v) is 4.06. The number of aliphatic carboxylic acids is 1. The third-order valence-electron chi connectivity index (χ3n) is 4.06. The van der Waals surface area contributed by atoms with Crippen LogP contribution in [0.2, 0.25) is 0 Å². The van der Waals surface area contributed by atoms with Gasteiger partial charge >= 0.3 is 5.97 Å². The lowest BCUT2D eigenvalue weighted by molar-refractivity contribution is -0.142. The van der Waals surface area contributed by atoms with Gasteiger partial charge in [0.15, 0.2) is 0 Å². The first-order chi connectivity index (χ1) is 10.1. The molecule has 3 rings (SSSR count). The standard InChI is InChI=1S/C16H19N3O2/c1-12-9-18(11-15(12)16(20)21)10-13-7-8-19(17-13)14-5-3-2-4-6-14/h2-8,12,15H,9-11H2,1H3,(H,20,21)/t12-,15-/m1/s1. The van der Waals surface area contributed by atoms with Crippen molar-refractivity contribution in [1.82, 2.24) is 14.7 Å². The molecule has 2 atom stereocenters. The summed E-state index contributed by atoms with van der Waals surface area (Å²) in [7, 11) is 0. The summed E-state index contributed by atoms with van der Waals surface area (Å²) >= 11 is 0. The maximum Gasteiger partial charge on any atom is 0.308 e. The SMILES string of the molecule is C[C@@H]1CN(Cc2ccn(-c3ccccc3)n2)C[C@H]1C(=O)O. The van der Waals surface area contributed by atoms with Crippen LogP contribution >= 0.6 is 0 Å². The van der Waals surface area contributed by atoms with Crippen molar-refractivity contribution >= 4 is 5.97 Å². The number of aromatic nitrogens is 2. The fourth-order valence-electron chi connectivity index (χ4n) is 2.92. The minimum absolute atomic E-state index is 0.193. The predicted octanol–water partition coefficient (Wildman–Crippen LogP) is 2.02. The molecule has 5 nitrogen and oxygen atoms in total. The third kappa shape index (κ3) is 2.97. The van der Waals surface area contributed by atoms with E-state index in [1.807, 2.05) is 54.2 Å².